The molecule has 1 rings (SSSR count). The summed E-state index contributed by atoms with van der Waals surface area (Å²) in [6, 6.07) is 6.58. The third-order valence-electron chi connectivity index (χ3n) is 2.67. The van der Waals surface area contributed by atoms with Gasteiger partial charge in [0.25, 0.3) is 5.69 Å². The minimum Gasteiger partial charge on any atom is -0.377 e. The van der Waals surface area contributed by atoms with Crippen molar-refractivity contribution in [3.05, 3.63) is 33.9 Å². The van der Waals surface area contributed by atoms with E-state index in [0.717, 1.165) is 12.8 Å². The first-order valence-electron chi connectivity index (χ1n) is 5.57. The van der Waals surface area contributed by atoms with Crippen LogP contribution in [0.15, 0.2) is 18.2 Å². The van der Waals surface area contributed by atoms with Crippen LogP contribution in [0.2, 0.25) is 0 Å². The van der Waals surface area contributed by atoms with Crippen LogP contribution in [-0.2, 0) is 0 Å². The van der Waals surface area contributed by atoms with E-state index in [1.54, 1.807) is 12.1 Å². The highest BCUT2D eigenvalue weighted by Crippen LogP contribution is 2.26. The molecule has 0 aliphatic rings. The van der Waals surface area contributed by atoms with Crippen LogP contribution in [0, 0.1) is 21.4 Å². The van der Waals surface area contributed by atoms with Gasteiger partial charge in [0, 0.05) is 12.1 Å². The van der Waals surface area contributed by atoms with E-state index in [0.29, 0.717) is 11.3 Å². The molecule has 1 N–H and O–H groups in total. The molecule has 5 heteroatoms. The summed E-state index contributed by atoms with van der Waals surface area (Å²) >= 11 is 0. The van der Waals surface area contributed by atoms with Crippen molar-refractivity contribution in [1.29, 1.82) is 5.26 Å². The minimum absolute atomic E-state index is 0.0454. The van der Waals surface area contributed by atoms with E-state index >= 15 is 0 Å². The Morgan fingerprint density at radius 3 is 2.59 bits per heavy atom. The predicted octanol–water partition coefficient (Wildman–Crippen LogP) is 3.07. The summed E-state index contributed by atoms with van der Waals surface area (Å²) in [5, 5.41) is 22.7. The first kappa shape index (κ1) is 13.0. The van der Waals surface area contributed by atoms with Crippen LogP contribution in [0.3, 0.4) is 0 Å². The zero-order chi connectivity index (χ0) is 12.8. The SMILES string of the molecule is CCC(CC)Nc1ccc(C#N)cc1[N+](=O)[O-]. The van der Waals surface area contributed by atoms with Crippen molar-refractivity contribution in [1.82, 2.24) is 0 Å². The molecule has 0 spiro atoms. The van der Waals surface area contributed by atoms with Gasteiger partial charge in [-0.2, -0.15) is 5.26 Å². The quantitative estimate of drug-likeness (QED) is 0.626. The van der Waals surface area contributed by atoms with Gasteiger partial charge in [-0.05, 0) is 25.0 Å². The molecule has 0 fully saturated rings. The summed E-state index contributed by atoms with van der Waals surface area (Å²) in [6.45, 7) is 4.05. The number of benzene rings is 1. The highest BCUT2D eigenvalue weighted by atomic mass is 16.6. The highest BCUT2D eigenvalue weighted by Gasteiger charge is 2.16. The molecular weight excluding hydrogens is 218 g/mol. The van der Waals surface area contributed by atoms with Crippen molar-refractivity contribution in [3.63, 3.8) is 0 Å². The van der Waals surface area contributed by atoms with Gasteiger partial charge >= 0.3 is 0 Å². The molecule has 90 valence electrons. The number of anilines is 1. The fraction of sp³-hybridized carbons (Fsp3) is 0.417. The lowest BCUT2D eigenvalue weighted by molar-refractivity contribution is -0.384. The van der Waals surface area contributed by atoms with Crippen molar-refractivity contribution in [2.45, 2.75) is 32.7 Å². The first-order valence-corrected chi connectivity index (χ1v) is 5.57. The maximum absolute atomic E-state index is 10.9. The van der Waals surface area contributed by atoms with Gasteiger partial charge in [-0.15, -0.1) is 0 Å². The molecule has 0 saturated heterocycles. The molecule has 1 aromatic rings. The molecule has 0 unspecified atom stereocenters. The topological polar surface area (TPSA) is 79.0 Å². The summed E-state index contributed by atoms with van der Waals surface area (Å²) in [7, 11) is 0. The number of nitrogens with one attached hydrogen (secondary N) is 1. The molecular formula is C12H15N3O2. The second-order valence-corrected chi connectivity index (χ2v) is 3.76. The van der Waals surface area contributed by atoms with Crippen molar-refractivity contribution in [3.8, 4) is 6.07 Å². The van der Waals surface area contributed by atoms with Crippen molar-refractivity contribution in [2.24, 2.45) is 0 Å². The molecule has 0 bridgehead atoms. The summed E-state index contributed by atoms with van der Waals surface area (Å²) < 4.78 is 0. The summed E-state index contributed by atoms with van der Waals surface area (Å²) in [5.41, 5.74) is 0.727. The van der Waals surface area contributed by atoms with Gasteiger partial charge < -0.3 is 5.32 Å². The zero-order valence-electron chi connectivity index (χ0n) is 9.93. The molecule has 0 radical (unpaired) electrons. The molecule has 5 nitrogen and oxygen atoms in total. The maximum Gasteiger partial charge on any atom is 0.293 e. The molecule has 0 aliphatic heterocycles. The number of nitriles is 1. The number of rotatable bonds is 5. The average Bonchev–Trinajstić information content (AvgIpc) is 2.35. The van der Waals surface area contributed by atoms with Crippen LogP contribution in [0.1, 0.15) is 32.3 Å². The second kappa shape index (κ2) is 5.85. The molecule has 17 heavy (non-hydrogen) atoms. The van der Waals surface area contributed by atoms with E-state index in [-0.39, 0.29) is 11.7 Å². The number of hydrogen-bond acceptors (Lipinski definition) is 4. The lowest BCUT2D eigenvalue weighted by Crippen LogP contribution is -2.17. The highest BCUT2D eigenvalue weighted by molar-refractivity contribution is 5.64. The molecule has 1 aromatic carbocycles. The fourth-order valence-corrected chi connectivity index (χ4v) is 1.59. The smallest absolute Gasteiger partial charge is 0.293 e. The Morgan fingerprint density at radius 2 is 2.12 bits per heavy atom. The van der Waals surface area contributed by atoms with E-state index in [9.17, 15) is 10.1 Å². The molecule has 0 aromatic heterocycles. The second-order valence-electron chi connectivity index (χ2n) is 3.76. The molecule has 0 heterocycles. The maximum atomic E-state index is 10.9. The fourth-order valence-electron chi connectivity index (χ4n) is 1.59. The Bertz CT molecular complexity index is 448. The largest absolute Gasteiger partial charge is 0.377 e. The van der Waals surface area contributed by atoms with E-state index in [2.05, 4.69) is 5.32 Å². The minimum atomic E-state index is -0.467. The Balaban J connectivity index is 3.07. The van der Waals surface area contributed by atoms with Crippen LogP contribution in [0.25, 0.3) is 0 Å². The van der Waals surface area contributed by atoms with E-state index < -0.39 is 4.92 Å². The molecule has 0 atom stereocenters. The Hall–Kier alpha value is -2.09. The number of nitro groups is 1. The van der Waals surface area contributed by atoms with Crippen molar-refractivity contribution >= 4 is 11.4 Å². The van der Waals surface area contributed by atoms with Gasteiger partial charge in [0.1, 0.15) is 5.69 Å². The van der Waals surface area contributed by atoms with E-state index in [1.807, 2.05) is 19.9 Å². The predicted molar refractivity (Wildman–Crippen MR) is 65.8 cm³/mol. The monoisotopic (exact) mass is 233 g/mol. The van der Waals surface area contributed by atoms with Gasteiger partial charge in [-0.3, -0.25) is 10.1 Å². The van der Waals surface area contributed by atoms with Crippen LogP contribution in [0.4, 0.5) is 11.4 Å². The van der Waals surface area contributed by atoms with Crippen molar-refractivity contribution in [2.75, 3.05) is 5.32 Å². The van der Waals surface area contributed by atoms with Gasteiger partial charge in [0.15, 0.2) is 0 Å². The molecule has 0 saturated carbocycles. The Kier molecular flexibility index (Phi) is 4.46. The Labute approximate surface area is 100 Å². The number of hydrogen-bond donors (Lipinski definition) is 1. The summed E-state index contributed by atoms with van der Waals surface area (Å²) in [5.74, 6) is 0. The molecule has 0 amide bonds. The first-order chi connectivity index (χ1) is 8.12. The normalized spacial score (nSPS) is 10.0. The van der Waals surface area contributed by atoms with E-state index in [4.69, 9.17) is 5.26 Å². The average molecular weight is 233 g/mol. The standard InChI is InChI=1S/C12H15N3O2/c1-3-10(4-2)14-11-6-5-9(8-13)7-12(11)15(16)17/h5-7,10,14H,3-4H2,1-2H3. The number of nitrogens with zero attached hydrogens (tertiary/aromatic N) is 2. The van der Waals surface area contributed by atoms with E-state index in [1.165, 1.54) is 6.07 Å². The summed E-state index contributed by atoms with van der Waals surface area (Å²) in [4.78, 5) is 10.4. The van der Waals surface area contributed by atoms with Crippen LogP contribution in [0.5, 0.6) is 0 Å². The Morgan fingerprint density at radius 1 is 1.47 bits per heavy atom. The van der Waals surface area contributed by atoms with Gasteiger partial charge in [-0.1, -0.05) is 13.8 Å². The third-order valence-corrected chi connectivity index (χ3v) is 2.67. The molecule has 0 aliphatic carbocycles. The van der Waals surface area contributed by atoms with Gasteiger partial charge in [0.05, 0.1) is 16.6 Å². The van der Waals surface area contributed by atoms with Gasteiger partial charge in [-0.25, -0.2) is 0 Å². The van der Waals surface area contributed by atoms with Crippen molar-refractivity contribution < 1.29 is 4.92 Å². The van der Waals surface area contributed by atoms with Crippen LogP contribution < -0.4 is 5.32 Å². The van der Waals surface area contributed by atoms with Crippen LogP contribution in [-0.4, -0.2) is 11.0 Å². The zero-order valence-corrected chi connectivity index (χ0v) is 9.93. The summed E-state index contributed by atoms with van der Waals surface area (Å²) in [6.07, 6.45) is 1.79. The third kappa shape index (κ3) is 3.18. The number of nitro benzene ring substituents is 1. The van der Waals surface area contributed by atoms with Gasteiger partial charge in [0.2, 0.25) is 0 Å². The lowest BCUT2D eigenvalue weighted by Gasteiger charge is -2.16. The lowest BCUT2D eigenvalue weighted by atomic mass is 10.1. The van der Waals surface area contributed by atoms with Crippen LogP contribution >= 0.6 is 0 Å².